The summed E-state index contributed by atoms with van der Waals surface area (Å²) in [7, 11) is 0. The van der Waals surface area contributed by atoms with Gasteiger partial charge in [0.25, 0.3) is 5.91 Å². The summed E-state index contributed by atoms with van der Waals surface area (Å²) in [5.74, 6) is 0.479. The summed E-state index contributed by atoms with van der Waals surface area (Å²) in [6, 6.07) is 11.0. The van der Waals surface area contributed by atoms with Gasteiger partial charge in [0.15, 0.2) is 0 Å². The molecule has 0 unspecified atom stereocenters. The molecular weight excluding hydrogens is 314 g/mol. The van der Waals surface area contributed by atoms with E-state index in [0.717, 1.165) is 23.3 Å². The minimum Gasteiger partial charge on any atom is -0.369 e. The van der Waals surface area contributed by atoms with Gasteiger partial charge in [0.05, 0.1) is 11.1 Å². The van der Waals surface area contributed by atoms with E-state index >= 15 is 0 Å². The molecule has 1 N–H and O–H groups in total. The molecule has 0 saturated heterocycles. The van der Waals surface area contributed by atoms with E-state index in [4.69, 9.17) is 11.6 Å². The van der Waals surface area contributed by atoms with Gasteiger partial charge in [-0.2, -0.15) is 4.99 Å². The number of benzene rings is 1. The van der Waals surface area contributed by atoms with Gasteiger partial charge in [-0.15, -0.1) is 0 Å². The van der Waals surface area contributed by atoms with Crippen molar-refractivity contribution in [1.82, 2.24) is 14.5 Å². The molecule has 3 aromatic rings. The fourth-order valence-corrected chi connectivity index (χ4v) is 2.86. The first kappa shape index (κ1) is 13.9. The third kappa shape index (κ3) is 2.37. The van der Waals surface area contributed by atoms with E-state index in [9.17, 15) is 4.79 Å². The lowest BCUT2D eigenvalue weighted by Gasteiger charge is -2.07. The zero-order chi connectivity index (χ0) is 15.8. The van der Waals surface area contributed by atoms with E-state index in [0.29, 0.717) is 12.2 Å². The smallest absolute Gasteiger partial charge is 0.283 e. The van der Waals surface area contributed by atoms with Crippen molar-refractivity contribution in [2.45, 2.75) is 6.54 Å². The maximum atomic E-state index is 12.4. The Morgan fingerprint density at radius 2 is 2.13 bits per heavy atom. The van der Waals surface area contributed by atoms with Crippen molar-refractivity contribution >= 4 is 34.2 Å². The molecule has 1 amide bonds. The molecule has 6 nitrogen and oxygen atoms in total. The SMILES string of the molecule is O=C(N=c1nc2ccccc2c2n1CCN2)c1cccnc1Cl. The first-order valence-corrected chi connectivity index (χ1v) is 7.55. The van der Waals surface area contributed by atoms with Crippen molar-refractivity contribution in [2.24, 2.45) is 4.99 Å². The van der Waals surface area contributed by atoms with Crippen molar-refractivity contribution < 1.29 is 4.79 Å². The summed E-state index contributed by atoms with van der Waals surface area (Å²) < 4.78 is 1.91. The fraction of sp³-hybridized carbons (Fsp3) is 0.125. The van der Waals surface area contributed by atoms with Gasteiger partial charge in [0, 0.05) is 24.7 Å². The molecule has 2 aromatic heterocycles. The molecule has 1 aliphatic rings. The van der Waals surface area contributed by atoms with Gasteiger partial charge in [-0.3, -0.25) is 9.36 Å². The molecule has 3 heterocycles. The molecule has 23 heavy (non-hydrogen) atoms. The lowest BCUT2D eigenvalue weighted by molar-refractivity contribution is 0.0996. The third-order valence-electron chi connectivity index (χ3n) is 3.71. The van der Waals surface area contributed by atoms with E-state index < -0.39 is 5.91 Å². The minimum absolute atomic E-state index is 0.141. The Bertz CT molecular complexity index is 995. The van der Waals surface area contributed by atoms with Crippen molar-refractivity contribution in [3.63, 3.8) is 0 Å². The molecule has 4 rings (SSSR count). The molecule has 1 aliphatic heterocycles. The average molecular weight is 326 g/mol. The maximum absolute atomic E-state index is 12.4. The van der Waals surface area contributed by atoms with Crippen LogP contribution in [0.5, 0.6) is 0 Å². The van der Waals surface area contributed by atoms with Crippen LogP contribution in [0.1, 0.15) is 10.4 Å². The fourth-order valence-electron chi connectivity index (χ4n) is 2.66. The minimum atomic E-state index is -0.451. The van der Waals surface area contributed by atoms with Crippen LogP contribution in [0.25, 0.3) is 10.9 Å². The van der Waals surface area contributed by atoms with E-state index in [1.165, 1.54) is 6.20 Å². The van der Waals surface area contributed by atoms with Gasteiger partial charge in [-0.25, -0.2) is 9.97 Å². The van der Waals surface area contributed by atoms with Crippen LogP contribution < -0.4 is 10.9 Å². The van der Waals surface area contributed by atoms with Gasteiger partial charge in [-0.1, -0.05) is 23.7 Å². The Balaban J connectivity index is 1.92. The van der Waals surface area contributed by atoms with Crippen LogP contribution in [0.2, 0.25) is 5.15 Å². The number of rotatable bonds is 1. The van der Waals surface area contributed by atoms with E-state index in [1.807, 2.05) is 28.8 Å². The van der Waals surface area contributed by atoms with Gasteiger partial charge in [-0.05, 0) is 24.3 Å². The van der Waals surface area contributed by atoms with Crippen LogP contribution in [0.15, 0.2) is 47.6 Å². The lowest BCUT2D eigenvalue weighted by Crippen LogP contribution is -2.24. The predicted octanol–water partition coefficient (Wildman–Crippen LogP) is 2.25. The van der Waals surface area contributed by atoms with Crippen LogP contribution in [0, 0.1) is 0 Å². The van der Waals surface area contributed by atoms with Gasteiger partial charge in [0.1, 0.15) is 11.0 Å². The van der Waals surface area contributed by atoms with Crippen LogP contribution in [0.3, 0.4) is 0 Å². The van der Waals surface area contributed by atoms with E-state index in [-0.39, 0.29) is 10.7 Å². The molecule has 0 saturated carbocycles. The zero-order valence-corrected chi connectivity index (χ0v) is 12.8. The molecule has 0 atom stereocenters. The first-order chi connectivity index (χ1) is 11.2. The summed E-state index contributed by atoms with van der Waals surface area (Å²) in [6.45, 7) is 1.49. The molecule has 0 bridgehead atoms. The van der Waals surface area contributed by atoms with Gasteiger partial charge < -0.3 is 5.32 Å². The Hall–Kier alpha value is -2.73. The Labute approximate surface area is 136 Å². The highest BCUT2D eigenvalue weighted by Gasteiger charge is 2.16. The van der Waals surface area contributed by atoms with Crippen LogP contribution in [-0.4, -0.2) is 27.0 Å². The number of nitrogens with zero attached hydrogens (tertiary/aromatic N) is 4. The number of carbonyl (C=O) groups is 1. The highest BCUT2D eigenvalue weighted by atomic mass is 35.5. The normalized spacial score (nSPS) is 13.9. The summed E-state index contributed by atoms with van der Waals surface area (Å²) in [6.07, 6.45) is 1.53. The topological polar surface area (TPSA) is 72.2 Å². The number of amides is 1. The van der Waals surface area contributed by atoms with Crippen molar-refractivity contribution in [1.29, 1.82) is 0 Å². The van der Waals surface area contributed by atoms with Crippen LogP contribution in [-0.2, 0) is 6.54 Å². The molecule has 7 heteroatoms. The predicted molar refractivity (Wildman–Crippen MR) is 87.4 cm³/mol. The number of hydrogen-bond acceptors (Lipinski definition) is 4. The second-order valence-electron chi connectivity index (χ2n) is 5.11. The van der Waals surface area contributed by atoms with Gasteiger partial charge >= 0.3 is 0 Å². The van der Waals surface area contributed by atoms with E-state index in [1.54, 1.807) is 12.1 Å². The Kier molecular flexibility index (Phi) is 3.31. The first-order valence-electron chi connectivity index (χ1n) is 7.17. The molecular formula is C16H12ClN5O. The number of halogens is 1. The number of para-hydroxylation sites is 1. The largest absolute Gasteiger partial charge is 0.369 e. The second-order valence-corrected chi connectivity index (χ2v) is 5.47. The van der Waals surface area contributed by atoms with Crippen molar-refractivity contribution in [2.75, 3.05) is 11.9 Å². The number of anilines is 1. The van der Waals surface area contributed by atoms with Crippen LogP contribution >= 0.6 is 11.6 Å². The molecule has 0 spiro atoms. The summed E-state index contributed by atoms with van der Waals surface area (Å²) in [4.78, 5) is 25.0. The highest BCUT2D eigenvalue weighted by Crippen LogP contribution is 2.22. The molecule has 0 fully saturated rings. The number of aromatic nitrogens is 3. The average Bonchev–Trinajstić information content (AvgIpc) is 3.05. The second kappa shape index (κ2) is 5.48. The number of fused-ring (bicyclic) bond motifs is 3. The Morgan fingerprint density at radius 3 is 3.00 bits per heavy atom. The Morgan fingerprint density at radius 1 is 1.26 bits per heavy atom. The molecule has 114 valence electrons. The molecule has 0 aliphatic carbocycles. The maximum Gasteiger partial charge on any atom is 0.283 e. The quantitative estimate of drug-likeness (QED) is 0.697. The van der Waals surface area contributed by atoms with Gasteiger partial charge in [0.2, 0.25) is 5.62 Å². The number of nitrogens with one attached hydrogen (secondary N) is 1. The number of carbonyl (C=O) groups excluding carboxylic acids is 1. The lowest BCUT2D eigenvalue weighted by atomic mass is 10.2. The number of pyridine rings is 1. The van der Waals surface area contributed by atoms with E-state index in [2.05, 4.69) is 20.3 Å². The summed E-state index contributed by atoms with van der Waals surface area (Å²) in [5, 5.41) is 4.47. The summed E-state index contributed by atoms with van der Waals surface area (Å²) >= 11 is 5.97. The zero-order valence-electron chi connectivity index (χ0n) is 12.0. The summed E-state index contributed by atoms with van der Waals surface area (Å²) in [5.41, 5.74) is 1.43. The standard InChI is InChI=1S/C16H12ClN5O/c17-13-11(5-3-7-18-13)15(23)21-16-20-12-6-2-1-4-10(12)14-19-8-9-22(14)16/h1-7,19H,8-9H2. The van der Waals surface area contributed by atoms with Crippen molar-refractivity contribution in [3.8, 4) is 0 Å². The molecule has 1 aromatic carbocycles. The number of hydrogen-bond donors (Lipinski definition) is 1. The monoisotopic (exact) mass is 325 g/mol. The molecule has 0 radical (unpaired) electrons. The van der Waals surface area contributed by atoms with Crippen molar-refractivity contribution in [3.05, 3.63) is 58.9 Å². The van der Waals surface area contributed by atoms with Crippen LogP contribution in [0.4, 0.5) is 5.82 Å². The highest BCUT2D eigenvalue weighted by molar-refractivity contribution is 6.32. The third-order valence-corrected chi connectivity index (χ3v) is 4.01.